The molecule has 0 aliphatic carbocycles. The molecule has 1 aromatic carbocycles. The number of benzene rings is 1. The van der Waals surface area contributed by atoms with Crippen LogP contribution in [0.3, 0.4) is 0 Å². The Morgan fingerprint density at radius 3 is 2.75 bits per heavy atom. The summed E-state index contributed by atoms with van der Waals surface area (Å²) in [7, 11) is 0. The number of nitrogens with one attached hydrogen (secondary N) is 1. The average Bonchev–Trinajstić information content (AvgIpc) is 2.58. The zero-order chi connectivity index (χ0) is 14.7. The second-order valence-corrected chi connectivity index (χ2v) is 5.80. The average molecular weight is 286 g/mol. The Hall–Kier alpha value is -1.23. The van der Waals surface area contributed by atoms with Gasteiger partial charge in [0.05, 0.1) is 5.69 Å². The first-order valence-corrected chi connectivity index (χ1v) is 7.10. The van der Waals surface area contributed by atoms with Crippen molar-refractivity contribution in [1.29, 1.82) is 0 Å². The second-order valence-electron chi connectivity index (χ2n) is 5.80. The van der Waals surface area contributed by atoms with Gasteiger partial charge in [0, 0.05) is 31.3 Å². The first-order chi connectivity index (χ1) is 9.47. The van der Waals surface area contributed by atoms with E-state index in [-0.39, 0.29) is 11.7 Å². The molecular formula is C15H21F3N2. The van der Waals surface area contributed by atoms with Crippen LogP contribution in [-0.4, -0.2) is 25.7 Å². The summed E-state index contributed by atoms with van der Waals surface area (Å²) < 4.78 is 40.6. The largest absolute Gasteiger partial charge is 0.367 e. The smallest absolute Gasteiger partial charge is 0.182 e. The van der Waals surface area contributed by atoms with E-state index in [0.717, 1.165) is 25.5 Å². The summed E-state index contributed by atoms with van der Waals surface area (Å²) in [5.41, 5.74) is 0.0277. The van der Waals surface area contributed by atoms with Crippen molar-refractivity contribution in [3.63, 3.8) is 0 Å². The highest BCUT2D eigenvalue weighted by molar-refractivity contribution is 5.49. The van der Waals surface area contributed by atoms with Crippen LogP contribution in [0.5, 0.6) is 0 Å². The molecule has 1 aliphatic heterocycles. The summed E-state index contributed by atoms with van der Waals surface area (Å²) in [5, 5.41) is 3.41. The van der Waals surface area contributed by atoms with E-state index in [0.29, 0.717) is 25.1 Å². The van der Waals surface area contributed by atoms with Crippen molar-refractivity contribution < 1.29 is 13.2 Å². The minimum Gasteiger partial charge on any atom is -0.367 e. The van der Waals surface area contributed by atoms with E-state index >= 15 is 0 Å². The number of nitrogens with zero attached hydrogens (tertiary/aromatic N) is 1. The summed E-state index contributed by atoms with van der Waals surface area (Å²) in [6.45, 7) is 6.26. The van der Waals surface area contributed by atoms with Crippen molar-refractivity contribution in [3.05, 3.63) is 29.6 Å². The SMILES string of the molecule is CC(C)CC1CN(c2cc(F)cc(F)c2F)CCCN1. The highest BCUT2D eigenvalue weighted by Gasteiger charge is 2.23. The minimum atomic E-state index is -1.13. The third-order valence-electron chi connectivity index (χ3n) is 3.55. The van der Waals surface area contributed by atoms with Gasteiger partial charge in [0.15, 0.2) is 11.6 Å². The van der Waals surface area contributed by atoms with Crippen LogP contribution in [-0.2, 0) is 0 Å². The molecule has 0 amide bonds. The normalized spacial score (nSPS) is 20.3. The van der Waals surface area contributed by atoms with Gasteiger partial charge in [0.25, 0.3) is 0 Å². The fourth-order valence-corrected chi connectivity index (χ4v) is 2.72. The Bertz CT molecular complexity index is 463. The van der Waals surface area contributed by atoms with E-state index in [2.05, 4.69) is 19.2 Å². The van der Waals surface area contributed by atoms with Gasteiger partial charge in [-0.1, -0.05) is 13.8 Å². The molecule has 1 unspecified atom stereocenters. The summed E-state index contributed by atoms with van der Waals surface area (Å²) >= 11 is 0. The molecule has 1 N–H and O–H groups in total. The quantitative estimate of drug-likeness (QED) is 0.858. The third kappa shape index (κ3) is 3.66. The van der Waals surface area contributed by atoms with Gasteiger partial charge in [0.2, 0.25) is 0 Å². The highest BCUT2D eigenvalue weighted by Crippen LogP contribution is 2.25. The minimum absolute atomic E-state index is 0.0277. The molecule has 20 heavy (non-hydrogen) atoms. The van der Waals surface area contributed by atoms with E-state index in [1.54, 1.807) is 4.90 Å². The maximum Gasteiger partial charge on any atom is 0.182 e. The van der Waals surface area contributed by atoms with Gasteiger partial charge in [-0.25, -0.2) is 13.2 Å². The van der Waals surface area contributed by atoms with Crippen LogP contribution < -0.4 is 10.2 Å². The zero-order valence-corrected chi connectivity index (χ0v) is 11.9. The lowest BCUT2D eigenvalue weighted by molar-refractivity contribution is 0.434. The van der Waals surface area contributed by atoms with E-state index in [1.807, 2.05) is 0 Å². The second kappa shape index (κ2) is 6.48. The highest BCUT2D eigenvalue weighted by atomic mass is 19.2. The van der Waals surface area contributed by atoms with Crippen molar-refractivity contribution in [2.45, 2.75) is 32.7 Å². The fraction of sp³-hybridized carbons (Fsp3) is 0.600. The lowest BCUT2D eigenvalue weighted by Gasteiger charge is -2.27. The Labute approximate surface area is 118 Å². The monoisotopic (exact) mass is 286 g/mol. The number of rotatable bonds is 3. The van der Waals surface area contributed by atoms with Gasteiger partial charge in [-0.05, 0) is 25.3 Å². The molecule has 1 heterocycles. The van der Waals surface area contributed by atoms with Crippen LogP contribution in [0.25, 0.3) is 0 Å². The maximum atomic E-state index is 13.9. The Balaban J connectivity index is 2.22. The van der Waals surface area contributed by atoms with Crippen LogP contribution in [0, 0.1) is 23.4 Å². The maximum absolute atomic E-state index is 13.9. The standard InChI is InChI=1S/C15H21F3N2/c1-10(2)6-12-9-20(5-3-4-19-12)14-8-11(16)7-13(17)15(14)18/h7-8,10,12,19H,3-6,9H2,1-2H3. The molecule has 2 rings (SSSR count). The molecule has 1 atom stereocenters. The summed E-state index contributed by atoms with van der Waals surface area (Å²) in [4.78, 5) is 1.74. The Morgan fingerprint density at radius 1 is 1.30 bits per heavy atom. The Kier molecular flexibility index (Phi) is 4.91. The van der Waals surface area contributed by atoms with Crippen molar-refractivity contribution >= 4 is 5.69 Å². The van der Waals surface area contributed by atoms with Crippen LogP contribution in [0.2, 0.25) is 0 Å². The van der Waals surface area contributed by atoms with Gasteiger partial charge in [-0.2, -0.15) is 0 Å². The van der Waals surface area contributed by atoms with Crippen LogP contribution in [0.4, 0.5) is 18.9 Å². The molecule has 1 saturated heterocycles. The lowest BCUT2D eigenvalue weighted by atomic mass is 10.0. The van der Waals surface area contributed by atoms with Crippen LogP contribution >= 0.6 is 0 Å². The number of anilines is 1. The van der Waals surface area contributed by atoms with E-state index in [9.17, 15) is 13.2 Å². The molecule has 0 saturated carbocycles. The molecule has 5 heteroatoms. The summed E-state index contributed by atoms with van der Waals surface area (Å²) in [6, 6.07) is 1.87. The van der Waals surface area contributed by atoms with Crippen LogP contribution in [0.15, 0.2) is 12.1 Å². The molecule has 1 aliphatic rings. The van der Waals surface area contributed by atoms with E-state index in [1.165, 1.54) is 0 Å². The van der Waals surface area contributed by atoms with Crippen molar-refractivity contribution in [3.8, 4) is 0 Å². The molecule has 0 aromatic heterocycles. The van der Waals surface area contributed by atoms with Crippen molar-refractivity contribution in [1.82, 2.24) is 5.32 Å². The van der Waals surface area contributed by atoms with Gasteiger partial charge in [-0.15, -0.1) is 0 Å². The zero-order valence-electron chi connectivity index (χ0n) is 11.9. The van der Waals surface area contributed by atoms with Crippen LogP contribution in [0.1, 0.15) is 26.7 Å². The molecule has 1 fully saturated rings. The van der Waals surface area contributed by atoms with Gasteiger partial charge >= 0.3 is 0 Å². The van der Waals surface area contributed by atoms with Crippen molar-refractivity contribution in [2.24, 2.45) is 5.92 Å². The predicted molar refractivity (Wildman–Crippen MR) is 74.4 cm³/mol. The number of hydrogen-bond acceptors (Lipinski definition) is 2. The third-order valence-corrected chi connectivity index (χ3v) is 3.55. The predicted octanol–water partition coefficient (Wildman–Crippen LogP) is 3.32. The summed E-state index contributed by atoms with van der Waals surface area (Å²) in [5.74, 6) is -2.31. The van der Waals surface area contributed by atoms with Crippen molar-refractivity contribution in [2.75, 3.05) is 24.5 Å². The van der Waals surface area contributed by atoms with Gasteiger partial charge in [-0.3, -0.25) is 0 Å². The van der Waals surface area contributed by atoms with Gasteiger partial charge in [0.1, 0.15) is 5.82 Å². The van der Waals surface area contributed by atoms with E-state index < -0.39 is 17.5 Å². The first kappa shape index (κ1) is 15.2. The Morgan fingerprint density at radius 2 is 2.05 bits per heavy atom. The first-order valence-electron chi connectivity index (χ1n) is 7.10. The number of halogens is 3. The molecule has 0 bridgehead atoms. The lowest BCUT2D eigenvalue weighted by Crippen LogP contribution is -2.39. The molecule has 2 nitrogen and oxygen atoms in total. The van der Waals surface area contributed by atoms with E-state index in [4.69, 9.17) is 0 Å². The molecule has 112 valence electrons. The number of hydrogen-bond donors (Lipinski definition) is 1. The van der Waals surface area contributed by atoms with Gasteiger partial charge < -0.3 is 10.2 Å². The topological polar surface area (TPSA) is 15.3 Å². The molecule has 0 radical (unpaired) electrons. The molecule has 0 spiro atoms. The summed E-state index contributed by atoms with van der Waals surface area (Å²) in [6.07, 6.45) is 1.78. The molecular weight excluding hydrogens is 265 g/mol. The fourth-order valence-electron chi connectivity index (χ4n) is 2.72. The molecule has 1 aromatic rings.